The van der Waals surface area contributed by atoms with Crippen LogP contribution in [-0.2, 0) is 6.54 Å². The van der Waals surface area contributed by atoms with Crippen LogP contribution in [0.1, 0.15) is 12.5 Å². The number of nitrogens with zero attached hydrogens (tertiary/aromatic N) is 2. The Morgan fingerprint density at radius 1 is 1.13 bits per heavy atom. The molecule has 0 amide bonds. The quantitative estimate of drug-likeness (QED) is 0.403. The third-order valence-electron chi connectivity index (χ3n) is 3.46. The van der Waals surface area contributed by atoms with Crippen molar-refractivity contribution in [1.29, 1.82) is 0 Å². The molecule has 0 saturated heterocycles. The van der Waals surface area contributed by atoms with Gasteiger partial charge >= 0.3 is 0 Å². The van der Waals surface area contributed by atoms with Gasteiger partial charge in [-0.3, -0.25) is 9.36 Å². The third kappa shape index (κ3) is 3.54. The van der Waals surface area contributed by atoms with Gasteiger partial charge in [0.25, 0.3) is 5.56 Å². The van der Waals surface area contributed by atoms with Gasteiger partial charge < -0.3 is 0 Å². The Kier molecular flexibility index (Phi) is 4.63. The first kappa shape index (κ1) is 15.6. The van der Waals surface area contributed by atoms with E-state index in [0.29, 0.717) is 11.9 Å². The standard InChI is InChI=1S/C19H18N2OS/c1-14(2)13-23-19-20-17-11-7-6-10-16(17)18(22)21(19)12-15-8-4-3-5-9-15/h3-11H,1,12-13H2,2H3. The number of thioether (sulfide) groups is 1. The van der Waals surface area contributed by atoms with Gasteiger partial charge in [0.2, 0.25) is 0 Å². The lowest BCUT2D eigenvalue weighted by atomic mass is 10.2. The molecule has 23 heavy (non-hydrogen) atoms. The Balaban J connectivity index is 2.11. The summed E-state index contributed by atoms with van der Waals surface area (Å²) in [5.41, 5.74) is 2.89. The highest BCUT2D eigenvalue weighted by Gasteiger charge is 2.11. The van der Waals surface area contributed by atoms with Crippen LogP contribution in [0.5, 0.6) is 0 Å². The van der Waals surface area contributed by atoms with Crippen LogP contribution in [0.25, 0.3) is 10.9 Å². The summed E-state index contributed by atoms with van der Waals surface area (Å²) in [5, 5.41) is 1.39. The number of hydrogen-bond acceptors (Lipinski definition) is 3. The van der Waals surface area contributed by atoms with Gasteiger partial charge in [0, 0.05) is 5.75 Å². The van der Waals surface area contributed by atoms with Crippen molar-refractivity contribution in [2.45, 2.75) is 18.6 Å². The molecular formula is C19H18N2OS. The summed E-state index contributed by atoms with van der Waals surface area (Å²) in [4.78, 5) is 17.6. The second kappa shape index (κ2) is 6.84. The summed E-state index contributed by atoms with van der Waals surface area (Å²) < 4.78 is 1.76. The fourth-order valence-corrected chi connectivity index (χ4v) is 3.19. The average Bonchev–Trinajstić information content (AvgIpc) is 2.57. The maximum atomic E-state index is 12.9. The number of aromatic nitrogens is 2. The SMILES string of the molecule is C=C(C)CSc1nc2ccccc2c(=O)n1Cc1ccccc1. The van der Waals surface area contributed by atoms with E-state index >= 15 is 0 Å². The van der Waals surface area contributed by atoms with Crippen molar-refractivity contribution in [3.8, 4) is 0 Å². The molecule has 0 saturated carbocycles. The van der Waals surface area contributed by atoms with Crippen molar-refractivity contribution < 1.29 is 0 Å². The molecule has 1 heterocycles. The van der Waals surface area contributed by atoms with Gasteiger partial charge in [-0.1, -0.05) is 66.4 Å². The van der Waals surface area contributed by atoms with Crippen LogP contribution in [0, 0.1) is 0 Å². The van der Waals surface area contributed by atoms with Crippen molar-refractivity contribution in [3.63, 3.8) is 0 Å². The van der Waals surface area contributed by atoms with E-state index in [1.807, 2.05) is 61.5 Å². The first-order valence-corrected chi connectivity index (χ1v) is 8.44. The van der Waals surface area contributed by atoms with Crippen LogP contribution in [0.4, 0.5) is 0 Å². The average molecular weight is 322 g/mol. The van der Waals surface area contributed by atoms with E-state index in [9.17, 15) is 4.79 Å². The maximum absolute atomic E-state index is 12.9. The van der Waals surface area contributed by atoms with Gasteiger partial charge in [-0.15, -0.1) is 0 Å². The minimum Gasteiger partial charge on any atom is -0.283 e. The molecule has 0 aliphatic heterocycles. The van der Waals surface area contributed by atoms with Crippen molar-refractivity contribution >= 4 is 22.7 Å². The highest BCUT2D eigenvalue weighted by Crippen LogP contribution is 2.20. The van der Waals surface area contributed by atoms with E-state index in [-0.39, 0.29) is 5.56 Å². The van der Waals surface area contributed by atoms with E-state index in [2.05, 4.69) is 11.6 Å². The largest absolute Gasteiger partial charge is 0.283 e. The Morgan fingerprint density at radius 2 is 1.83 bits per heavy atom. The first-order valence-electron chi connectivity index (χ1n) is 7.46. The first-order chi connectivity index (χ1) is 11.1. The van der Waals surface area contributed by atoms with Gasteiger partial charge in [0.05, 0.1) is 17.4 Å². The summed E-state index contributed by atoms with van der Waals surface area (Å²) in [6, 6.07) is 17.5. The number of para-hydroxylation sites is 1. The lowest BCUT2D eigenvalue weighted by Gasteiger charge is -2.13. The minimum atomic E-state index is 0.00340. The molecule has 116 valence electrons. The van der Waals surface area contributed by atoms with E-state index in [0.717, 1.165) is 27.6 Å². The second-order valence-electron chi connectivity index (χ2n) is 5.53. The summed E-state index contributed by atoms with van der Waals surface area (Å²) in [6.45, 7) is 6.44. The second-order valence-corrected chi connectivity index (χ2v) is 6.48. The predicted octanol–water partition coefficient (Wildman–Crippen LogP) is 4.11. The van der Waals surface area contributed by atoms with Crippen LogP contribution in [0.2, 0.25) is 0 Å². The molecule has 3 nitrogen and oxygen atoms in total. The van der Waals surface area contributed by atoms with Crippen LogP contribution in [0.3, 0.4) is 0 Å². The van der Waals surface area contributed by atoms with Gasteiger partial charge in [0.15, 0.2) is 5.16 Å². The zero-order valence-electron chi connectivity index (χ0n) is 13.0. The highest BCUT2D eigenvalue weighted by atomic mass is 32.2. The molecule has 1 aromatic heterocycles. The Hall–Kier alpha value is -2.33. The molecule has 3 rings (SSSR count). The zero-order valence-corrected chi connectivity index (χ0v) is 13.8. The van der Waals surface area contributed by atoms with Gasteiger partial charge in [0.1, 0.15) is 0 Å². The van der Waals surface area contributed by atoms with E-state index in [1.54, 1.807) is 16.3 Å². The third-order valence-corrected chi connectivity index (χ3v) is 4.66. The van der Waals surface area contributed by atoms with Gasteiger partial charge in [-0.25, -0.2) is 4.98 Å². The number of fused-ring (bicyclic) bond motifs is 1. The van der Waals surface area contributed by atoms with E-state index < -0.39 is 0 Å². The van der Waals surface area contributed by atoms with Gasteiger partial charge in [-0.05, 0) is 24.6 Å². The monoisotopic (exact) mass is 322 g/mol. The molecule has 0 unspecified atom stereocenters. The molecule has 0 fully saturated rings. The molecule has 4 heteroatoms. The highest BCUT2D eigenvalue weighted by molar-refractivity contribution is 7.99. The van der Waals surface area contributed by atoms with Crippen molar-refractivity contribution in [1.82, 2.24) is 9.55 Å². The van der Waals surface area contributed by atoms with Crippen LogP contribution < -0.4 is 5.56 Å². The molecule has 0 bridgehead atoms. The summed E-state index contributed by atoms with van der Waals surface area (Å²) in [5.74, 6) is 0.750. The van der Waals surface area contributed by atoms with Crippen LogP contribution in [-0.4, -0.2) is 15.3 Å². The topological polar surface area (TPSA) is 34.9 Å². The molecular weight excluding hydrogens is 304 g/mol. The number of hydrogen-bond donors (Lipinski definition) is 0. The lowest BCUT2D eigenvalue weighted by Crippen LogP contribution is -2.24. The molecule has 0 spiro atoms. The summed E-state index contributed by atoms with van der Waals surface area (Å²) in [6.07, 6.45) is 0. The van der Waals surface area contributed by atoms with Crippen molar-refractivity contribution in [2.75, 3.05) is 5.75 Å². The summed E-state index contributed by atoms with van der Waals surface area (Å²) >= 11 is 1.56. The minimum absolute atomic E-state index is 0.00340. The molecule has 0 atom stereocenters. The van der Waals surface area contributed by atoms with E-state index in [4.69, 9.17) is 0 Å². The maximum Gasteiger partial charge on any atom is 0.262 e. The Labute approximate surface area is 139 Å². The molecule has 0 N–H and O–H groups in total. The Morgan fingerprint density at radius 3 is 2.57 bits per heavy atom. The smallest absolute Gasteiger partial charge is 0.262 e. The van der Waals surface area contributed by atoms with Crippen molar-refractivity contribution in [3.05, 3.63) is 82.7 Å². The Bertz CT molecular complexity index is 900. The molecule has 2 aromatic carbocycles. The fourth-order valence-electron chi connectivity index (χ4n) is 2.35. The van der Waals surface area contributed by atoms with Crippen molar-refractivity contribution in [2.24, 2.45) is 0 Å². The van der Waals surface area contributed by atoms with E-state index in [1.165, 1.54) is 0 Å². The number of rotatable bonds is 5. The van der Waals surface area contributed by atoms with Crippen LogP contribution in [0.15, 0.2) is 76.7 Å². The van der Waals surface area contributed by atoms with Crippen LogP contribution >= 0.6 is 11.8 Å². The normalized spacial score (nSPS) is 10.8. The molecule has 0 aliphatic rings. The molecule has 0 radical (unpaired) electrons. The molecule has 3 aromatic rings. The lowest BCUT2D eigenvalue weighted by molar-refractivity contribution is 0.658. The zero-order chi connectivity index (χ0) is 16.2. The van der Waals surface area contributed by atoms with Gasteiger partial charge in [-0.2, -0.15) is 0 Å². The fraction of sp³-hybridized carbons (Fsp3) is 0.158. The predicted molar refractivity (Wildman–Crippen MR) is 97.1 cm³/mol. The summed E-state index contributed by atoms with van der Waals surface area (Å²) in [7, 11) is 0. The molecule has 0 aliphatic carbocycles. The number of benzene rings is 2.